The summed E-state index contributed by atoms with van der Waals surface area (Å²) >= 11 is 0. The maximum Gasteiger partial charge on any atom is 0.237 e. The molecule has 0 aromatic rings. The molecule has 4 heteroatoms. The predicted octanol–water partition coefficient (Wildman–Crippen LogP) is 1.05. The average molecular weight is 228 g/mol. The molecule has 1 aliphatic carbocycles. The van der Waals surface area contributed by atoms with E-state index in [2.05, 4.69) is 12.2 Å². The van der Waals surface area contributed by atoms with Gasteiger partial charge in [-0.3, -0.25) is 4.79 Å². The van der Waals surface area contributed by atoms with Gasteiger partial charge in [0.2, 0.25) is 5.91 Å². The molecule has 1 rings (SSSR count). The van der Waals surface area contributed by atoms with Crippen molar-refractivity contribution < 1.29 is 9.53 Å². The van der Waals surface area contributed by atoms with E-state index in [1.807, 2.05) is 0 Å². The summed E-state index contributed by atoms with van der Waals surface area (Å²) in [5.41, 5.74) is 5.76. The van der Waals surface area contributed by atoms with Gasteiger partial charge in [-0.05, 0) is 25.2 Å². The van der Waals surface area contributed by atoms with E-state index in [4.69, 9.17) is 10.5 Å². The molecule has 2 unspecified atom stereocenters. The van der Waals surface area contributed by atoms with Crippen molar-refractivity contribution in [3.05, 3.63) is 0 Å². The minimum atomic E-state index is -0.437. The van der Waals surface area contributed by atoms with Gasteiger partial charge in [0.25, 0.3) is 0 Å². The second-order valence-electron chi connectivity index (χ2n) is 4.68. The minimum Gasteiger partial charge on any atom is -0.385 e. The van der Waals surface area contributed by atoms with Gasteiger partial charge in [-0.1, -0.05) is 19.8 Å². The molecule has 1 amide bonds. The summed E-state index contributed by atoms with van der Waals surface area (Å²) in [5.74, 6) is 0.796. The Hall–Kier alpha value is -0.610. The standard InChI is InChI=1S/C12H24N2O2/c1-3-10(8-9-4-5-9)14-12(15)11(13)6-7-16-2/h9-11H,3-8,13H2,1-2H3,(H,14,15). The Balaban J connectivity index is 2.23. The molecule has 2 atom stereocenters. The number of amides is 1. The van der Waals surface area contributed by atoms with Crippen LogP contribution < -0.4 is 11.1 Å². The third-order valence-electron chi connectivity index (χ3n) is 3.12. The lowest BCUT2D eigenvalue weighted by Crippen LogP contribution is -2.45. The zero-order chi connectivity index (χ0) is 12.0. The molecule has 1 aliphatic rings. The van der Waals surface area contributed by atoms with Crippen molar-refractivity contribution in [2.75, 3.05) is 13.7 Å². The molecule has 3 N–H and O–H groups in total. The highest BCUT2D eigenvalue weighted by Gasteiger charge is 2.26. The molecule has 1 fully saturated rings. The fraction of sp³-hybridized carbons (Fsp3) is 0.917. The van der Waals surface area contributed by atoms with Crippen molar-refractivity contribution in [3.63, 3.8) is 0 Å². The van der Waals surface area contributed by atoms with Crippen LogP contribution in [0, 0.1) is 5.92 Å². The van der Waals surface area contributed by atoms with E-state index in [1.165, 1.54) is 12.8 Å². The van der Waals surface area contributed by atoms with Crippen LogP contribution in [0.15, 0.2) is 0 Å². The highest BCUT2D eigenvalue weighted by Crippen LogP contribution is 2.33. The normalized spacial score (nSPS) is 19.2. The van der Waals surface area contributed by atoms with E-state index < -0.39 is 6.04 Å². The second-order valence-corrected chi connectivity index (χ2v) is 4.68. The summed E-state index contributed by atoms with van der Waals surface area (Å²) in [6.45, 7) is 2.64. The maximum atomic E-state index is 11.7. The predicted molar refractivity (Wildman–Crippen MR) is 64.0 cm³/mol. The molecule has 16 heavy (non-hydrogen) atoms. The van der Waals surface area contributed by atoms with Gasteiger partial charge in [0.15, 0.2) is 0 Å². The molecule has 1 saturated carbocycles. The highest BCUT2D eigenvalue weighted by atomic mass is 16.5. The van der Waals surface area contributed by atoms with Gasteiger partial charge in [-0.15, -0.1) is 0 Å². The minimum absolute atomic E-state index is 0.0375. The lowest BCUT2D eigenvalue weighted by molar-refractivity contribution is -0.123. The van der Waals surface area contributed by atoms with Gasteiger partial charge in [-0.25, -0.2) is 0 Å². The summed E-state index contributed by atoms with van der Waals surface area (Å²) in [6, 6.07) is -0.137. The molecular formula is C12H24N2O2. The molecule has 0 spiro atoms. The SMILES string of the molecule is CCC(CC1CC1)NC(=O)C(N)CCOC. The maximum absolute atomic E-state index is 11.7. The third kappa shape index (κ3) is 4.94. The summed E-state index contributed by atoms with van der Waals surface area (Å²) < 4.78 is 4.91. The quantitative estimate of drug-likeness (QED) is 0.652. The van der Waals surface area contributed by atoms with Crippen molar-refractivity contribution >= 4 is 5.91 Å². The zero-order valence-electron chi connectivity index (χ0n) is 10.4. The largest absolute Gasteiger partial charge is 0.385 e. The first-order chi connectivity index (χ1) is 7.67. The average Bonchev–Trinajstić information content (AvgIpc) is 3.08. The number of methoxy groups -OCH3 is 1. The number of hydrogen-bond donors (Lipinski definition) is 2. The Labute approximate surface area is 97.9 Å². The lowest BCUT2D eigenvalue weighted by atomic mass is 10.1. The lowest BCUT2D eigenvalue weighted by Gasteiger charge is -2.19. The van der Waals surface area contributed by atoms with Crippen LogP contribution in [-0.4, -0.2) is 31.7 Å². The van der Waals surface area contributed by atoms with Crippen molar-refractivity contribution in [1.29, 1.82) is 0 Å². The smallest absolute Gasteiger partial charge is 0.237 e. The van der Waals surface area contributed by atoms with Gasteiger partial charge < -0.3 is 15.8 Å². The summed E-state index contributed by atoms with van der Waals surface area (Å²) in [6.07, 6.45) is 5.32. The van der Waals surface area contributed by atoms with Gasteiger partial charge in [0, 0.05) is 19.8 Å². The number of nitrogens with one attached hydrogen (secondary N) is 1. The Morgan fingerprint density at radius 1 is 1.56 bits per heavy atom. The van der Waals surface area contributed by atoms with Crippen molar-refractivity contribution in [2.24, 2.45) is 11.7 Å². The van der Waals surface area contributed by atoms with E-state index in [1.54, 1.807) is 7.11 Å². The number of carbonyl (C=O) groups is 1. The Kier molecular flexibility index (Phi) is 5.77. The molecule has 0 aliphatic heterocycles. The zero-order valence-corrected chi connectivity index (χ0v) is 10.4. The van der Waals surface area contributed by atoms with Gasteiger partial charge in [-0.2, -0.15) is 0 Å². The Bertz CT molecular complexity index is 217. The topological polar surface area (TPSA) is 64.4 Å². The van der Waals surface area contributed by atoms with Crippen LogP contribution in [0.3, 0.4) is 0 Å². The molecule has 94 valence electrons. The number of rotatable bonds is 8. The second kappa shape index (κ2) is 6.86. The summed E-state index contributed by atoms with van der Waals surface area (Å²) in [5, 5.41) is 3.03. The van der Waals surface area contributed by atoms with Crippen molar-refractivity contribution in [2.45, 2.75) is 51.1 Å². The fourth-order valence-corrected chi connectivity index (χ4v) is 1.77. The summed E-state index contributed by atoms with van der Waals surface area (Å²) in [7, 11) is 1.62. The van der Waals surface area contributed by atoms with Crippen LogP contribution in [-0.2, 0) is 9.53 Å². The molecule has 0 aromatic carbocycles. The molecule has 0 radical (unpaired) electrons. The van der Waals surface area contributed by atoms with Crippen LogP contribution in [0.2, 0.25) is 0 Å². The molecule has 4 nitrogen and oxygen atoms in total. The van der Waals surface area contributed by atoms with E-state index in [-0.39, 0.29) is 5.91 Å². The molecule has 0 saturated heterocycles. The molecule has 0 heterocycles. The first-order valence-electron chi connectivity index (χ1n) is 6.22. The van der Waals surface area contributed by atoms with Gasteiger partial charge in [0.1, 0.15) is 0 Å². The first kappa shape index (κ1) is 13.5. The van der Waals surface area contributed by atoms with Crippen molar-refractivity contribution in [1.82, 2.24) is 5.32 Å². The van der Waals surface area contributed by atoms with E-state index in [0.29, 0.717) is 19.1 Å². The first-order valence-corrected chi connectivity index (χ1v) is 6.22. The Morgan fingerprint density at radius 2 is 2.25 bits per heavy atom. The number of ether oxygens (including phenoxy) is 1. The third-order valence-corrected chi connectivity index (χ3v) is 3.12. The number of hydrogen-bond acceptors (Lipinski definition) is 3. The van der Waals surface area contributed by atoms with Crippen molar-refractivity contribution in [3.8, 4) is 0 Å². The van der Waals surface area contributed by atoms with Crippen LogP contribution in [0.25, 0.3) is 0 Å². The fourth-order valence-electron chi connectivity index (χ4n) is 1.77. The summed E-state index contributed by atoms with van der Waals surface area (Å²) in [4.78, 5) is 11.7. The van der Waals surface area contributed by atoms with Gasteiger partial charge in [0.05, 0.1) is 6.04 Å². The van der Waals surface area contributed by atoms with Crippen LogP contribution in [0.4, 0.5) is 0 Å². The molecule has 0 bridgehead atoms. The highest BCUT2D eigenvalue weighted by molar-refractivity contribution is 5.81. The van der Waals surface area contributed by atoms with E-state index in [0.717, 1.165) is 18.8 Å². The van der Waals surface area contributed by atoms with E-state index in [9.17, 15) is 4.79 Å². The molecule has 0 aromatic heterocycles. The monoisotopic (exact) mass is 228 g/mol. The number of carbonyl (C=O) groups excluding carboxylic acids is 1. The van der Waals surface area contributed by atoms with Crippen LogP contribution >= 0.6 is 0 Å². The van der Waals surface area contributed by atoms with Gasteiger partial charge >= 0.3 is 0 Å². The number of nitrogens with two attached hydrogens (primary N) is 1. The van der Waals surface area contributed by atoms with E-state index >= 15 is 0 Å². The van der Waals surface area contributed by atoms with Crippen LogP contribution in [0.1, 0.15) is 39.0 Å². The Morgan fingerprint density at radius 3 is 2.75 bits per heavy atom. The van der Waals surface area contributed by atoms with Crippen LogP contribution in [0.5, 0.6) is 0 Å². The molecular weight excluding hydrogens is 204 g/mol.